The average Bonchev–Trinajstić information content (AvgIpc) is 2.36. The minimum atomic E-state index is -0.487. The molecule has 2 aromatic carbocycles. The predicted octanol–water partition coefficient (Wildman–Crippen LogP) is 3.53. The number of anilines is 2. The quantitative estimate of drug-likeness (QED) is 0.898. The first-order valence-corrected chi connectivity index (χ1v) is 6.06. The van der Waals surface area contributed by atoms with Crippen LogP contribution in [0.2, 0.25) is 5.02 Å². The monoisotopic (exact) mass is 278 g/mol. The Labute approximate surface area is 115 Å². The second-order valence-corrected chi connectivity index (χ2v) is 4.36. The molecule has 3 nitrogen and oxygen atoms in total. The molecule has 0 aromatic heterocycles. The number of carbonyl (C=O) groups is 1. The molecule has 0 unspecified atom stereocenters. The lowest BCUT2D eigenvalue weighted by Crippen LogP contribution is -2.21. The summed E-state index contributed by atoms with van der Waals surface area (Å²) < 4.78 is 13.1. The largest absolute Gasteiger partial charge is 0.376 e. The van der Waals surface area contributed by atoms with Gasteiger partial charge in [0.25, 0.3) is 0 Å². The van der Waals surface area contributed by atoms with E-state index in [0.717, 1.165) is 5.69 Å². The van der Waals surface area contributed by atoms with Crippen molar-refractivity contribution in [3.05, 3.63) is 59.4 Å². The van der Waals surface area contributed by atoms with Crippen molar-refractivity contribution in [1.82, 2.24) is 0 Å². The first-order chi connectivity index (χ1) is 9.13. The van der Waals surface area contributed by atoms with Crippen LogP contribution < -0.4 is 10.6 Å². The fourth-order valence-electron chi connectivity index (χ4n) is 1.57. The van der Waals surface area contributed by atoms with Gasteiger partial charge < -0.3 is 10.6 Å². The zero-order chi connectivity index (χ0) is 13.7. The third-order valence-electron chi connectivity index (χ3n) is 2.37. The molecule has 0 saturated heterocycles. The van der Waals surface area contributed by atoms with Crippen molar-refractivity contribution in [1.29, 1.82) is 0 Å². The van der Waals surface area contributed by atoms with Crippen molar-refractivity contribution in [3.8, 4) is 0 Å². The van der Waals surface area contributed by atoms with Crippen LogP contribution in [0.3, 0.4) is 0 Å². The van der Waals surface area contributed by atoms with E-state index in [9.17, 15) is 9.18 Å². The first kappa shape index (κ1) is 13.4. The number of halogens is 2. The number of amides is 1. The molecule has 0 atom stereocenters. The lowest BCUT2D eigenvalue weighted by Gasteiger charge is -2.08. The van der Waals surface area contributed by atoms with E-state index in [2.05, 4.69) is 10.6 Å². The van der Waals surface area contributed by atoms with Crippen LogP contribution in [0.1, 0.15) is 0 Å². The normalized spacial score (nSPS) is 10.0. The molecule has 2 rings (SSSR count). The van der Waals surface area contributed by atoms with Gasteiger partial charge in [-0.3, -0.25) is 4.79 Å². The molecule has 0 saturated carbocycles. The fraction of sp³-hybridized carbons (Fsp3) is 0.0714. The molecule has 0 aliphatic heterocycles. The van der Waals surface area contributed by atoms with Crippen molar-refractivity contribution >= 4 is 28.9 Å². The number of nitrogens with one attached hydrogen (secondary N) is 2. The topological polar surface area (TPSA) is 41.1 Å². The smallest absolute Gasteiger partial charge is 0.243 e. The molecule has 0 bridgehead atoms. The standard InChI is InChI=1S/C14H12ClFN2O/c15-10-6-11(16)8-13(7-10)18-14(19)9-17-12-4-2-1-3-5-12/h1-8,17H,9H2,(H,18,19). The molecular formula is C14H12ClFN2O. The van der Waals surface area contributed by atoms with Gasteiger partial charge in [-0.1, -0.05) is 29.8 Å². The lowest BCUT2D eigenvalue weighted by molar-refractivity contribution is -0.114. The second kappa shape index (κ2) is 6.20. The summed E-state index contributed by atoms with van der Waals surface area (Å²) in [5, 5.41) is 5.77. The Morgan fingerprint density at radius 2 is 1.84 bits per heavy atom. The van der Waals surface area contributed by atoms with Crippen molar-refractivity contribution in [2.45, 2.75) is 0 Å². The van der Waals surface area contributed by atoms with Crippen molar-refractivity contribution < 1.29 is 9.18 Å². The summed E-state index contributed by atoms with van der Waals surface area (Å²) in [5.41, 5.74) is 1.18. The van der Waals surface area contributed by atoms with Gasteiger partial charge in [-0.15, -0.1) is 0 Å². The summed E-state index contributed by atoms with van der Waals surface area (Å²) >= 11 is 5.70. The van der Waals surface area contributed by atoms with Crippen LogP contribution in [0.4, 0.5) is 15.8 Å². The van der Waals surface area contributed by atoms with E-state index < -0.39 is 5.82 Å². The molecule has 0 spiro atoms. The predicted molar refractivity (Wildman–Crippen MR) is 75.0 cm³/mol. The Hall–Kier alpha value is -2.07. The molecule has 2 aromatic rings. The molecule has 19 heavy (non-hydrogen) atoms. The van der Waals surface area contributed by atoms with Gasteiger partial charge in [0.15, 0.2) is 0 Å². The highest BCUT2D eigenvalue weighted by molar-refractivity contribution is 6.30. The van der Waals surface area contributed by atoms with Crippen LogP contribution in [0.15, 0.2) is 48.5 Å². The molecule has 0 heterocycles. The molecule has 1 amide bonds. The van der Waals surface area contributed by atoms with E-state index in [0.29, 0.717) is 5.69 Å². The molecule has 2 N–H and O–H groups in total. The van der Waals surface area contributed by atoms with E-state index in [4.69, 9.17) is 11.6 Å². The zero-order valence-corrected chi connectivity index (χ0v) is 10.7. The number of hydrogen-bond acceptors (Lipinski definition) is 2. The summed E-state index contributed by atoms with van der Waals surface area (Å²) in [7, 11) is 0. The average molecular weight is 279 g/mol. The van der Waals surface area contributed by atoms with Gasteiger partial charge in [0, 0.05) is 16.4 Å². The Morgan fingerprint density at radius 1 is 1.11 bits per heavy atom. The van der Waals surface area contributed by atoms with Gasteiger partial charge in [-0.2, -0.15) is 0 Å². The Bertz CT molecular complexity index is 555. The van der Waals surface area contributed by atoms with Crippen LogP contribution in [0, 0.1) is 5.82 Å². The van der Waals surface area contributed by atoms with E-state index in [-0.39, 0.29) is 17.5 Å². The Balaban J connectivity index is 1.91. The molecular weight excluding hydrogens is 267 g/mol. The molecule has 0 fully saturated rings. The van der Waals surface area contributed by atoms with Gasteiger partial charge in [0.05, 0.1) is 6.54 Å². The summed E-state index contributed by atoms with van der Waals surface area (Å²) in [4.78, 5) is 11.7. The highest BCUT2D eigenvalue weighted by atomic mass is 35.5. The van der Waals surface area contributed by atoms with E-state index in [1.807, 2.05) is 30.3 Å². The van der Waals surface area contributed by atoms with Gasteiger partial charge in [0.1, 0.15) is 5.82 Å². The van der Waals surface area contributed by atoms with Crippen LogP contribution in [0.25, 0.3) is 0 Å². The fourth-order valence-corrected chi connectivity index (χ4v) is 1.79. The third-order valence-corrected chi connectivity index (χ3v) is 2.59. The molecule has 98 valence electrons. The number of carbonyl (C=O) groups excluding carboxylic acids is 1. The van der Waals surface area contributed by atoms with E-state index in [1.54, 1.807) is 0 Å². The van der Waals surface area contributed by atoms with Crippen molar-refractivity contribution in [2.75, 3.05) is 17.2 Å². The van der Waals surface area contributed by atoms with E-state index in [1.165, 1.54) is 18.2 Å². The number of benzene rings is 2. The van der Waals surface area contributed by atoms with Crippen LogP contribution in [-0.4, -0.2) is 12.5 Å². The van der Waals surface area contributed by atoms with Crippen LogP contribution >= 0.6 is 11.6 Å². The SMILES string of the molecule is O=C(CNc1ccccc1)Nc1cc(F)cc(Cl)c1. The maximum absolute atomic E-state index is 13.1. The molecule has 0 aliphatic carbocycles. The molecule has 0 aliphatic rings. The summed E-state index contributed by atoms with van der Waals surface area (Å²) in [6.07, 6.45) is 0. The van der Waals surface area contributed by atoms with Gasteiger partial charge in [-0.05, 0) is 30.3 Å². The third kappa shape index (κ3) is 4.26. The van der Waals surface area contributed by atoms with Gasteiger partial charge in [0.2, 0.25) is 5.91 Å². The van der Waals surface area contributed by atoms with Gasteiger partial charge >= 0.3 is 0 Å². The minimum Gasteiger partial charge on any atom is -0.376 e. The second-order valence-electron chi connectivity index (χ2n) is 3.93. The number of rotatable bonds is 4. The number of hydrogen-bond donors (Lipinski definition) is 2. The van der Waals surface area contributed by atoms with Gasteiger partial charge in [-0.25, -0.2) is 4.39 Å². The summed E-state index contributed by atoms with van der Waals surface area (Å²) in [6, 6.07) is 13.2. The summed E-state index contributed by atoms with van der Waals surface area (Å²) in [6.45, 7) is 0.0954. The lowest BCUT2D eigenvalue weighted by atomic mass is 10.3. The highest BCUT2D eigenvalue weighted by Crippen LogP contribution is 2.17. The molecule has 0 radical (unpaired) electrons. The van der Waals surface area contributed by atoms with Crippen LogP contribution in [0.5, 0.6) is 0 Å². The first-order valence-electron chi connectivity index (χ1n) is 5.68. The Morgan fingerprint density at radius 3 is 2.53 bits per heavy atom. The minimum absolute atomic E-state index is 0.0954. The maximum atomic E-state index is 13.1. The maximum Gasteiger partial charge on any atom is 0.243 e. The van der Waals surface area contributed by atoms with Crippen molar-refractivity contribution in [3.63, 3.8) is 0 Å². The van der Waals surface area contributed by atoms with E-state index >= 15 is 0 Å². The molecule has 5 heteroatoms. The number of para-hydroxylation sites is 1. The Kier molecular flexibility index (Phi) is 4.36. The van der Waals surface area contributed by atoms with Crippen LogP contribution in [-0.2, 0) is 4.79 Å². The van der Waals surface area contributed by atoms with Crippen molar-refractivity contribution in [2.24, 2.45) is 0 Å². The zero-order valence-electron chi connectivity index (χ0n) is 9.99. The highest BCUT2D eigenvalue weighted by Gasteiger charge is 2.04. The summed E-state index contributed by atoms with van der Waals surface area (Å²) in [5.74, 6) is -0.760.